The van der Waals surface area contributed by atoms with Gasteiger partial charge in [-0.15, -0.1) is 5.54 Å². The van der Waals surface area contributed by atoms with Crippen LogP contribution in [0.25, 0.3) is 0 Å². The number of hydrogen-bond acceptors (Lipinski definition) is 2. The molecule has 16 heavy (non-hydrogen) atoms. The van der Waals surface area contributed by atoms with Crippen molar-refractivity contribution in [2.24, 2.45) is 0 Å². The Hall–Kier alpha value is -0.373. The van der Waals surface area contributed by atoms with Crippen molar-refractivity contribution in [1.82, 2.24) is 0 Å². The molecule has 0 bridgehead atoms. The molecule has 0 fully saturated rings. The summed E-state index contributed by atoms with van der Waals surface area (Å²) < 4.78 is 6.24. The zero-order chi connectivity index (χ0) is 12.2. The Morgan fingerprint density at radius 2 is 2.00 bits per heavy atom. The standard InChI is InChI=1S/C12H15BrOSSi/c1-14-10-5-6-11(13)12(9-10)15-7-8-16(2,3)4/h5-6,9H,1-4H3. The summed E-state index contributed by atoms with van der Waals surface area (Å²) in [5, 5.41) is 3.18. The lowest BCUT2D eigenvalue weighted by Gasteiger charge is -2.05. The number of thioether (sulfide) groups is 1. The second kappa shape index (κ2) is 5.81. The molecule has 0 aliphatic carbocycles. The van der Waals surface area contributed by atoms with Gasteiger partial charge in [0.1, 0.15) is 13.8 Å². The fraction of sp³-hybridized carbons (Fsp3) is 0.333. The van der Waals surface area contributed by atoms with Crippen LogP contribution in [0.4, 0.5) is 0 Å². The van der Waals surface area contributed by atoms with E-state index in [-0.39, 0.29) is 0 Å². The molecule has 0 aliphatic rings. The second-order valence-corrected chi connectivity index (χ2v) is 10.8. The van der Waals surface area contributed by atoms with Crippen molar-refractivity contribution in [3.8, 4) is 16.5 Å². The van der Waals surface area contributed by atoms with Gasteiger partial charge in [0.25, 0.3) is 0 Å². The Bertz CT molecular complexity index is 429. The van der Waals surface area contributed by atoms with Crippen molar-refractivity contribution in [3.63, 3.8) is 0 Å². The Morgan fingerprint density at radius 3 is 2.56 bits per heavy atom. The van der Waals surface area contributed by atoms with Gasteiger partial charge in [-0.2, -0.15) is 0 Å². The van der Waals surface area contributed by atoms with Gasteiger partial charge in [-0.25, -0.2) is 0 Å². The zero-order valence-corrected chi connectivity index (χ0v) is 13.3. The Balaban J connectivity index is 2.83. The third kappa shape index (κ3) is 4.65. The van der Waals surface area contributed by atoms with E-state index in [0.29, 0.717) is 0 Å². The summed E-state index contributed by atoms with van der Waals surface area (Å²) >= 11 is 5.06. The van der Waals surface area contributed by atoms with Crippen molar-refractivity contribution < 1.29 is 4.74 Å². The first-order valence-electron chi connectivity index (χ1n) is 4.95. The quantitative estimate of drug-likeness (QED) is 0.455. The third-order valence-corrected chi connectivity index (χ3v) is 4.50. The zero-order valence-electron chi connectivity index (χ0n) is 9.93. The minimum atomic E-state index is -1.28. The highest BCUT2D eigenvalue weighted by atomic mass is 79.9. The maximum Gasteiger partial charge on any atom is 0.130 e. The van der Waals surface area contributed by atoms with Crippen molar-refractivity contribution in [1.29, 1.82) is 0 Å². The average Bonchev–Trinajstić information content (AvgIpc) is 2.19. The van der Waals surface area contributed by atoms with E-state index < -0.39 is 8.07 Å². The lowest BCUT2D eigenvalue weighted by Crippen LogP contribution is -2.15. The van der Waals surface area contributed by atoms with E-state index in [4.69, 9.17) is 4.74 Å². The molecule has 1 aromatic carbocycles. The summed E-state index contributed by atoms with van der Waals surface area (Å²) in [7, 11) is 0.393. The van der Waals surface area contributed by atoms with E-state index in [9.17, 15) is 0 Å². The van der Waals surface area contributed by atoms with Crippen molar-refractivity contribution in [2.45, 2.75) is 24.5 Å². The van der Waals surface area contributed by atoms with Gasteiger partial charge in [0.05, 0.1) is 7.11 Å². The van der Waals surface area contributed by atoms with Gasteiger partial charge in [-0.1, -0.05) is 19.6 Å². The molecular weight excluding hydrogens is 300 g/mol. The largest absolute Gasteiger partial charge is 0.497 e. The first kappa shape index (κ1) is 13.7. The van der Waals surface area contributed by atoms with E-state index >= 15 is 0 Å². The van der Waals surface area contributed by atoms with Gasteiger partial charge < -0.3 is 4.74 Å². The molecule has 0 radical (unpaired) electrons. The summed E-state index contributed by atoms with van der Waals surface area (Å²) in [6.45, 7) is 6.71. The van der Waals surface area contributed by atoms with Crippen LogP contribution in [0.1, 0.15) is 0 Å². The number of rotatable bonds is 2. The summed E-state index contributed by atoms with van der Waals surface area (Å²) in [6.07, 6.45) is 0. The third-order valence-electron chi connectivity index (χ3n) is 1.73. The molecular formula is C12H15BrOSSi. The van der Waals surface area contributed by atoms with Gasteiger partial charge in [0, 0.05) is 9.37 Å². The molecule has 0 N–H and O–H groups in total. The molecule has 0 unspecified atom stereocenters. The predicted molar refractivity (Wildman–Crippen MR) is 77.7 cm³/mol. The highest BCUT2D eigenvalue weighted by Crippen LogP contribution is 2.30. The Kier molecular flexibility index (Phi) is 4.97. The normalized spacial score (nSPS) is 10.6. The molecule has 1 nitrogen and oxygen atoms in total. The summed E-state index contributed by atoms with van der Waals surface area (Å²) in [5.74, 6) is 0.862. The van der Waals surface area contributed by atoms with E-state index in [1.54, 1.807) is 18.9 Å². The Morgan fingerprint density at radius 1 is 1.31 bits per heavy atom. The minimum Gasteiger partial charge on any atom is -0.497 e. The topological polar surface area (TPSA) is 9.23 Å². The maximum atomic E-state index is 5.18. The molecule has 1 aromatic rings. The van der Waals surface area contributed by atoms with Crippen LogP contribution in [0, 0.1) is 10.8 Å². The van der Waals surface area contributed by atoms with Gasteiger partial charge in [0.15, 0.2) is 0 Å². The molecule has 0 aliphatic heterocycles. The monoisotopic (exact) mass is 314 g/mol. The summed E-state index contributed by atoms with van der Waals surface area (Å²) in [6, 6.07) is 5.91. The van der Waals surface area contributed by atoms with Crippen LogP contribution in [0.3, 0.4) is 0 Å². The molecule has 1 rings (SSSR count). The van der Waals surface area contributed by atoms with Gasteiger partial charge in [0.2, 0.25) is 0 Å². The number of hydrogen-bond donors (Lipinski definition) is 0. The van der Waals surface area contributed by atoms with Crippen LogP contribution < -0.4 is 4.74 Å². The minimum absolute atomic E-state index is 0.862. The molecule has 0 spiro atoms. The number of benzene rings is 1. The lowest BCUT2D eigenvalue weighted by atomic mass is 10.3. The highest BCUT2D eigenvalue weighted by Gasteiger charge is 2.08. The van der Waals surface area contributed by atoms with Crippen LogP contribution in [-0.4, -0.2) is 15.2 Å². The van der Waals surface area contributed by atoms with E-state index in [1.165, 1.54) is 0 Å². The molecule has 0 atom stereocenters. The molecule has 86 valence electrons. The van der Waals surface area contributed by atoms with Crippen LogP contribution in [-0.2, 0) is 0 Å². The molecule has 0 amide bonds. The lowest BCUT2D eigenvalue weighted by molar-refractivity contribution is 0.413. The summed E-state index contributed by atoms with van der Waals surface area (Å²) in [5.41, 5.74) is 3.33. The van der Waals surface area contributed by atoms with Crippen LogP contribution in [0.15, 0.2) is 27.6 Å². The van der Waals surface area contributed by atoms with Gasteiger partial charge >= 0.3 is 0 Å². The average molecular weight is 315 g/mol. The number of halogens is 1. The predicted octanol–water partition coefficient (Wildman–Crippen LogP) is 4.39. The van der Waals surface area contributed by atoms with Crippen LogP contribution >= 0.6 is 27.7 Å². The van der Waals surface area contributed by atoms with Crippen molar-refractivity contribution in [2.75, 3.05) is 7.11 Å². The molecule has 0 saturated carbocycles. The molecule has 4 heteroatoms. The first-order valence-corrected chi connectivity index (χ1v) is 10.1. The smallest absolute Gasteiger partial charge is 0.130 e. The van der Waals surface area contributed by atoms with Crippen LogP contribution in [0.5, 0.6) is 5.75 Å². The SMILES string of the molecule is COc1ccc(Br)c(SC#C[Si](C)(C)C)c1. The van der Waals surface area contributed by atoms with Crippen LogP contribution in [0.2, 0.25) is 19.6 Å². The number of methoxy groups -OCH3 is 1. The van der Waals surface area contributed by atoms with E-state index in [1.807, 2.05) is 18.2 Å². The molecule has 0 aromatic heterocycles. The van der Waals surface area contributed by atoms with Gasteiger partial charge in [-0.05, 0) is 51.1 Å². The fourth-order valence-electron chi connectivity index (χ4n) is 0.922. The van der Waals surface area contributed by atoms with Crippen molar-refractivity contribution in [3.05, 3.63) is 22.7 Å². The van der Waals surface area contributed by atoms with Gasteiger partial charge in [-0.3, -0.25) is 0 Å². The second-order valence-electron chi connectivity index (χ2n) is 4.38. The fourth-order valence-corrected chi connectivity index (χ4v) is 3.29. The maximum absolute atomic E-state index is 5.18. The van der Waals surface area contributed by atoms with Crippen molar-refractivity contribution >= 4 is 35.8 Å². The van der Waals surface area contributed by atoms with E-state index in [0.717, 1.165) is 15.1 Å². The highest BCUT2D eigenvalue weighted by molar-refractivity contribution is 9.10. The Labute approximate surface area is 111 Å². The molecule has 0 heterocycles. The molecule has 0 saturated heterocycles. The van der Waals surface area contributed by atoms with E-state index in [2.05, 4.69) is 46.4 Å². The number of ether oxygens (including phenoxy) is 1. The first-order chi connectivity index (χ1) is 7.42. The summed E-state index contributed by atoms with van der Waals surface area (Å²) in [4.78, 5) is 1.10.